The maximum Gasteiger partial charge on any atom is 0.260 e. The third-order valence-electron chi connectivity index (χ3n) is 4.98. The van der Waals surface area contributed by atoms with Crippen LogP contribution in [0.1, 0.15) is 11.4 Å². The lowest BCUT2D eigenvalue weighted by molar-refractivity contribution is -0.135. The molecule has 1 aliphatic heterocycles. The molecule has 2 aromatic carbocycles. The zero-order chi connectivity index (χ0) is 18.6. The largest absolute Gasteiger partial charge is 0.484 e. The summed E-state index contributed by atoms with van der Waals surface area (Å²) in [7, 11) is 0. The number of aromatic nitrogens is 2. The van der Waals surface area contributed by atoms with Crippen LogP contribution in [0, 0.1) is 6.92 Å². The summed E-state index contributed by atoms with van der Waals surface area (Å²) in [4.78, 5) is 24.6. The number of aryl methyl sites for hydroxylation is 1. The maximum absolute atomic E-state index is 12.4. The number of carbonyl (C=O) groups excluding carboxylic acids is 1. The van der Waals surface area contributed by atoms with E-state index in [0.717, 1.165) is 60.9 Å². The van der Waals surface area contributed by atoms with E-state index in [2.05, 4.69) is 14.9 Å². The van der Waals surface area contributed by atoms with E-state index in [1.807, 2.05) is 60.4 Å². The van der Waals surface area contributed by atoms with Crippen LogP contribution in [-0.2, 0) is 11.3 Å². The minimum atomic E-state index is 0.0432. The number of carbonyl (C=O) groups is 1. The summed E-state index contributed by atoms with van der Waals surface area (Å²) in [6.45, 7) is 5.97. The van der Waals surface area contributed by atoms with Crippen molar-refractivity contribution in [3.63, 3.8) is 0 Å². The number of piperazine rings is 1. The summed E-state index contributed by atoms with van der Waals surface area (Å²) in [5.41, 5.74) is 3.10. The molecule has 0 saturated carbocycles. The highest BCUT2D eigenvalue weighted by atomic mass is 16.5. The Morgan fingerprint density at radius 2 is 1.81 bits per heavy atom. The van der Waals surface area contributed by atoms with Gasteiger partial charge in [-0.2, -0.15) is 0 Å². The minimum Gasteiger partial charge on any atom is -0.484 e. The van der Waals surface area contributed by atoms with Crippen molar-refractivity contribution >= 4 is 16.9 Å². The standard InChI is InChI=1S/C21H24N4O2/c1-16-6-2-5-9-19(16)27-15-21(26)25-12-10-24(11-13-25)14-20-22-17-7-3-4-8-18(17)23-20/h2-9H,10-15H2,1H3,(H,22,23). The molecule has 0 atom stereocenters. The average molecular weight is 364 g/mol. The normalized spacial score (nSPS) is 15.2. The fourth-order valence-electron chi connectivity index (χ4n) is 3.40. The highest BCUT2D eigenvalue weighted by Crippen LogP contribution is 2.17. The fourth-order valence-corrected chi connectivity index (χ4v) is 3.40. The molecule has 0 unspecified atom stereocenters. The first kappa shape index (κ1) is 17.5. The van der Waals surface area contributed by atoms with E-state index in [1.54, 1.807) is 0 Å². The molecule has 0 aliphatic carbocycles. The second kappa shape index (κ2) is 7.80. The quantitative estimate of drug-likeness (QED) is 0.756. The van der Waals surface area contributed by atoms with E-state index in [1.165, 1.54) is 0 Å². The second-order valence-electron chi connectivity index (χ2n) is 6.91. The summed E-state index contributed by atoms with van der Waals surface area (Å²) in [6, 6.07) is 15.8. The van der Waals surface area contributed by atoms with Crippen LogP contribution < -0.4 is 4.74 Å². The molecule has 1 amide bonds. The van der Waals surface area contributed by atoms with Gasteiger partial charge in [-0.05, 0) is 30.7 Å². The Balaban J connectivity index is 1.27. The van der Waals surface area contributed by atoms with E-state index in [0.29, 0.717) is 0 Å². The van der Waals surface area contributed by atoms with Gasteiger partial charge >= 0.3 is 0 Å². The molecule has 0 bridgehead atoms. The van der Waals surface area contributed by atoms with Gasteiger partial charge < -0.3 is 14.6 Å². The Labute approximate surface area is 158 Å². The van der Waals surface area contributed by atoms with Crippen LogP contribution >= 0.6 is 0 Å². The van der Waals surface area contributed by atoms with Crippen molar-refractivity contribution in [2.75, 3.05) is 32.8 Å². The summed E-state index contributed by atoms with van der Waals surface area (Å²) in [5, 5.41) is 0. The van der Waals surface area contributed by atoms with E-state index in [-0.39, 0.29) is 12.5 Å². The molecular formula is C21H24N4O2. The van der Waals surface area contributed by atoms with E-state index in [9.17, 15) is 4.79 Å². The summed E-state index contributed by atoms with van der Waals surface area (Å²) in [5.74, 6) is 1.79. The van der Waals surface area contributed by atoms with Gasteiger partial charge in [-0.3, -0.25) is 9.69 Å². The zero-order valence-corrected chi connectivity index (χ0v) is 15.5. The number of rotatable bonds is 5. The number of amides is 1. The van der Waals surface area contributed by atoms with Gasteiger partial charge in [0.1, 0.15) is 11.6 Å². The summed E-state index contributed by atoms with van der Waals surface area (Å²) in [6.07, 6.45) is 0. The average Bonchev–Trinajstić information content (AvgIpc) is 3.10. The molecule has 6 nitrogen and oxygen atoms in total. The molecule has 1 N–H and O–H groups in total. The van der Waals surface area contributed by atoms with Crippen molar-refractivity contribution in [3.05, 3.63) is 59.9 Å². The molecule has 140 valence electrons. The predicted octanol–water partition coefficient (Wildman–Crippen LogP) is 2.59. The van der Waals surface area contributed by atoms with Gasteiger partial charge in [-0.1, -0.05) is 30.3 Å². The summed E-state index contributed by atoms with van der Waals surface area (Å²) >= 11 is 0. The van der Waals surface area contributed by atoms with Crippen LogP contribution in [-0.4, -0.2) is 58.5 Å². The molecule has 1 fully saturated rings. The lowest BCUT2D eigenvalue weighted by Gasteiger charge is -2.34. The number of nitrogens with zero attached hydrogens (tertiary/aromatic N) is 3. The molecule has 4 rings (SSSR count). The Morgan fingerprint density at radius 3 is 2.59 bits per heavy atom. The fraction of sp³-hybridized carbons (Fsp3) is 0.333. The van der Waals surface area contributed by atoms with Crippen LogP contribution in [0.15, 0.2) is 48.5 Å². The number of imidazole rings is 1. The molecule has 1 aliphatic rings. The van der Waals surface area contributed by atoms with Crippen molar-refractivity contribution in [2.45, 2.75) is 13.5 Å². The van der Waals surface area contributed by atoms with Crippen LogP contribution in [0.3, 0.4) is 0 Å². The van der Waals surface area contributed by atoms with Gasteiger partial charge in [0, 0.05) is 26.2 Å². The van der Waals surface area contributed by atoms with Crippen LogP contribution in [0.25, 0.3) is 11.0 Å². The van der Waals surface area contributed by atoms with Gasteiger partial charge in [0.15, 0.2) is 6.61 Å². The number of ether oxygens (including phenoxy) is 1. The molecule has 3 aromatic rings. The number of fused-ring (bicyclic) bond motifs is 1. The van der Waals surface area contributed by atoms with E-state index < -0.39 is 0 Å². The van der Waals surface area contributed by atoms with Gasteiger partial charge in [-0.25, -0.2) is 4.98 Å². The molecule has 1 aromatic heterocycles. The number of hydrogen-bond donors (Lipinski definition) is 1. The third kappa shape index (κ3) is 4.11. The molecule has 1 saturated heterocycles. The van der Waals surface area contributed by atoms with Gasteiger partial charge in [-0.15, -0.1) is 0 Å². The predicted molar refractivity (Wildman–Crippen MR) is 105 cm³/mol. The number of benzene rings is 2. The zero-order valence-electron chi connectivity index (χ0n) is 15.5. The molecular weight excluding hydrogens is 340 g/mol. The first-order valence-electron chi connectivity index (χ1n) is 9.31. The molecule has 27 heavy (non-hydrogen) atoms. The topological polar surface area (TPSA) is 61.5 Å². The van der Waals surface area contributed by atoms with Gasteiger partial charge in [0.05, 0.1) is 17.6 Å². The maximum atomic E-state index is 12.4. The SMILES string of the molecule is Cc1ccccc1OCC(=O)N1CCN(Cc2nc3ccccc3[nH]2)CC1. The first-order chi connectivity index (χ1) is 13.2. The van der Waals surface area contributed by atoms with Crippen LogP contribution in [0.4, 0.5) is 0 Å². The van der Waals surface area contributed by atoms with E-state index in [4.69, 9.17) is 4.74 Å². The monoisotopic (exact) mass is 364 g/mol. The summed E-state index contributed by atoms with van der Waals surface area (Å²) < 4.78 is 5.69. The second-order valence-corrected chi connectivity index (χ2v) is 6.91. The number of nitrogens with one attached hydrogen (secondary N) is 1. The third-order valence-corrected chi connectivity index (χ3v) is 4.98. The van der Waals surface area contributed by atoms with Crippen molar-refractivity contribution in [2.24, 2.45) is 0 Å². The van der Waals surface area contributed by atoms with Crippen molar-refractivity contribution in [3.8, 4) is 5.75 Å². The highest BCUT2D eigenvalue weighted by Gasteiger charge is 2.22. The number of hydrogen-bond acceptors (Lipinski definition) is 4. The van der Waals surface area contributed by atoms with Crippen molar-refractivity contribution in [1.29, 1.82) is 0 Å². The highest BCUT2D eigenvalue weighted by molar-refractivity contribution is 5.78. The lowest BCUT2D eigenvalue weighted by atomic mass is 10.2. The minimum absolute atomic E-state index is 0.0432. The molecule has 0 spiro atoms. The molecule has 0 radical (unpaired) electrons. The van der Waals surface area contributed by atoms with Crippen LogP contribution in [0.5, 0.6) is 5.75 Å². The first-order valence-corrected chi connectivity index (χ1v) is 9.31. The Hall–Kier alpha value is -2.86. The lowest BCUT2D eigenvalue weighted by Crippen LogP contribution is -2.49. The van der Waals surface area contributed by atoms with Crippen molar-refractivity contribution < 1.29 is 9.53 Å². The molecule has 6 heteroatoms. The molecule has 2 heterocycles. The Morgan fingerprint density at radius 1 is 1.07 bits per heavy atom. The Bertz CT molecular complexity index is 896. The Kier molecular flexibility index (Phi) is 5.07. The smallest absolute Gasteiger partial charge is 0.260 e. The number of H-pyrrole nitrogens is 1. The number of para-hydroxylation sites is 3. The number of aromatic amines is 1. The van der Waals surface area contributed by atoms with Crippen LogP contribution in [0.2, 0.25) is 0 Å². The van der Waals surface area contributed by atoms with Gasteiger partial charge in [0.25, 0.3) is 5.91 Å². The van der Waals surface area contributed by atoms with Crippen molar-refractivity contribution in [1.82, 2.24) is 19.8 Å². The van der Waals surface area contributed by atoms with E-state index >= 15 is 0 Å². The van der Waals surface area contributed by atoms with Gasteiger partial charge in [0.2, 0.25) is 0 Å².